The molecule has 1 amide bonds. The molecule has 0 fully saturated rings. The molecule has 0 aliphatic heterocycles. The highest BCUT2D eigenvalue weighted by molar-refractivity contribution is 5.96. The summed E-state index contributed by atoms with van der Waals surface area (Å²) in [6.45, 7) is 2.93. The molecule has 0 radical (unpaired) electrons. The maximum Gasteiger partial charge on any atom is 0.275 e. The van der Waals surface area contributed by atoms with Crippen LogP contribution in [0.1, 0.15) is 27.2 Å². The van der Waals surface area contributed by atoms with Gasteiger partial charge in [-0.15, -0.1) is 5.10 Å². The average molecular weight is 321 g/mol. The zero-order valence-electron chi connectivity index (χ0n) is 13.4. The van der Waals surface area contributed by atoms with E-state index in [2.05, 4.69) is 15.6 Å². The molecule has 0 bridgehead atoms. The molecule has 0 saturated carbocycles. The molecule has 6 nitrogen and oxygen atoms in total. The van der Waals surface area contributed by atoms with E-state index < -0.39 is 0 Å². The number of rotatable bonds is 5. The van der Waals surface area contributed by atoms with Gasteiger partial charge in [0.15, 0.2) is 11.5 Å². The highest BCUT2D eigenvalue weighted by Gasteiger charge is 2.17. The normalized spacial score (nSPS) is 10.5. The van der Waals surface area contributed by atoms with E-state index in [1.54, 1.807) is 4.68 Å². The summed E-state index contributed by atoms with van der Waals surface area (Å²) in [5.41, 5.74) is 9.44. The minimum atomic E-state index is -0.326. The van der Waals surface area contributed by atoms with E-state index in [1.807, 2.05) is 61.5 Å². The largest absolute Gasteiger partial charge is 0.382 e. The minimum absolute atomic E-state index is 0.152. The van der Waals surface area contributed by atoms with Crippen LogP contribution in [0.5, 0.6) is 0 Å². The number of nitrogens with one attached hydrogen (secondary N) is 1. The molecule has 3 aromatic rings. The number of nitrogens with two attached hydrogens (primary N) is 1. The predicted molar refractivity (Wildman–Crippen MR) is 92.3 cm³/mol. The van der Waals surface area contributed by atoms with Crippen LogP contribution in [-0.2, 0) is 13.1 Å². The Balaban J connectivity index is 1.70. The van der Waals surface area contributed by atoms with Crippen LogP contribution >= 0.6 is 0 Å². The van der Waals surface area contributed by atoms with Gasteiger partial charge in [0.05, 0.1) is 6.54 Å². The van der Waals surface area contributed by atoms with Crippen molar-refractivity contribution in [2.45, 2.75) is 20.0 Å². The van der Waals surface area contributed by atoms with Gasteiger partial charge in [0.25, 0.3) is 5.91 Å². The summed E-state index contributed by atoms with van der Waals surface area (Å²) in [7, 11) is 0. The van der Waals surface area contributed by atoms with Crippen LogP contribution in [0.15, 0.2) is 54.6 Å². The lowest BCUT2D eigenvalue weighted by atomic mass is 10.1. The number of nitrogens with zero attached hydrogens (tertiary/aromatic N) is 3. The second-order valence-corrected chi connectivity index (χ2v) is 5.58. The number of carbonyl (C=O) groups excluding carboxylic acids is 1. The van der Waals surface area contributed by atoms with Gasteiger partial charge >= 0.3 is 0 Å². The number of carbonyl (C=O) groups is 1. The molecular weight excluding hydrogens is 302 g/mol. The standard InChI is InChI=1S/C18H19N5O/c1-13-7-5-6-10-15(13)12-23-17(19)16(21-22-23)18(24)20-11-14-8-3-2-4-9-14/h2-10H,11-12,19H2,1H3,(H,20,24). The van der Waals surface area contributed by atoms with Crippen LogP contribution in [0, 0.1) is 6.92 Å². The molecule has 0 unspecified atom stereocenters. The first-order chi connectivity index (χ1) is 11.6. The van der Waals surface area contributed by atoms with Gasteiger partial charge in [0, 0.05) is 6.54 Å². The fraction of sp³-hybridized carbons (Fsp3) is 0.167. The van der Waals surface area contributed by atoms with Crippen molar-refractivity contribution in [2.75, 3.05) is 5.73 Å². The van der Waals surface area contributed by atoms with Crippen molar-refractivity contribution < 1.29 is 4.79 Å². The van der Waals surface area contributed by atoms with Crippen molar-refractivity contribution in [1.82, 2.24) is 20.3 Å². The number of aryl methyl sites for hydroxylation is 1. The lowest BCUT2D eigenvalue weighted by Crippen LogP contribution is -2.24. The number of hydrogen-bond acceptors (Lipinski definition) is 4. The van der Waals surface area contributed by atoms with Gasteiger partial charge in [0.1, 0.15) is 0 Å². The Kier molecular flexibility index (Phi) is 4.56. The Morgan fingerprint density at radius 1 is 1.12 bits per heavy atom. The molecule has 0 spiro atoms. The van der Waals surface area contributed by atoms with Crippen molar-refractivity contribution in [3.63, 3.8) is 0 Å². The van der Waals surface area contributed by atoms with Crippen molar-refractivity contribution >= 4 is 11.7 Å². The van der Waals surface area contributed by atoms with Crippen molar-refractivity contribution in [3.8, 4) is 0 Å². The van der Waals surface area contributed by atoms with Gasteiger partial charge < -0.3 is 11.1 Å². The highest BCUT2D eigenvalue weighted by atomic mass is 16.2. The summed E-state index contributed by atoms with van der Waals surface area (Å²) >= 11 is 0. The Labute approximate surface area is 140 Å². The molecule has 2 aromatic carbocycles. The van der Waals surface area contributed by atoms with E-state index in [9.17, 15) is 4.79 Å². The molecule has 6 heteroatoms. The molecular formula is C18H19N5O. The van der Waals surface area contributed by atoms with Gasteiger partial charge in [-0.25, -0.2) is 4.68 Å². The van der Waals surface area contributed by atoms with E-state index in [0.717, 1.165) is 16.7 Å². The minimum Gasteiger partial charge on any atom is -0.382 e. The van der Waals surface area contributed by atoms with Gasteiger partial charge in [-0.05, 0) is 23.6 Å². The molecule has 122 valence electrons. The van der Waals surface area contributed by atoms with Crippen molar-refractivity contribution in [3.05, 3.63) is 77.0 Å². The fourth-order valence-corrected chi connectivity index (χ4v) is 2.41. The molecule has 0 atom stereocenters. The van der Waals surface area contributed by atoms with E-state index in [4.69, 9.17) is 5.73 Å². The van der Waals surface area contributed by atoms with E-state index in [-0.39, 0.29) is 17.4 Å². The SMILES string of the molecule is Cc1ccccc1Cn1nnc(C(=O)NCc2ccccc2)c1N. The van der Waals surface area contributed by atoms with Gasteiger partial charge in [-0.3, -0.25) is 4.79 Å². The molecule has 0 aliphatic carbocycles. The molecule has 1 heterocycles. The molecule has 1 aromatic heterocycles. The summed E-state index contributed by atoms with van der Waals surface area (Å²) in [6.07, 6.45) is 0. The number of hydrogen-bond donors (Lipinski definition) is 2. The lowest BCUT2D eigenvalue weighted by Gasteiger charge is -2.07. The molecule has 3 rings (SSSR count). The van der Waals surface area contributed by atoms with Crippen LogP contribution in [0.3, 0.4) is 0 Å². The molecule has 0 saturated heterocycles. The Morgan fingerprint density at radius 3 is 2.58 bits per heavy atom. The van der Waals surface area contributed by atoms with Gasteiger partial charge in [0.2, 0.25) is 0 Å². The second kappa shape index (κ2) is 6.95. The third kappa shape index (κ3) is 3.43. The third-order valence-corrected chi connectivity index (χ3v) is 3.87. The maximum absolute atomic E-state index is 12.3. The van der Waals surface area contributed by atoms with Crippen LogP contribution in [-0.4, -0.2) is 20.9 Å². The number of nitrogen functional groups attached to an aromatic ring is 1. The van der Waals surface area contributed by atoms with Gasteiger partial charge in [-0.2, -0.15) is 0 Å². The summed E-state index contributed by atoms with van der Waals surface area (Å²) in [5, 5.41) is 10.7. The van der Waals surface area contributed by atoms with Gasteiger partial charge in [-0.1, -0.05) is 59.8 Å². The van der Waals surface area contributed by atoms with Crippen molar-refractivity contribution in [2.24, 2.45) is 0 Å². The first-order valence-electron chi connectivity index (χ1n) is 7.70. The number of aromatic nitrogens is 3. The zero-order valence-corrected chi connectivity index (χ0v) is 13.4. The van der Waals surface area contributed by atoms with E-state index >= 15 is 0 Å². The highest BCUT2D eigenvalue weighted by Crippen LogP contribution is 2.13. The van der Waals surface area contributed by atoms with Crippen molar-refractivity contribution in [1.29, 1.82) is 0 Å². The van der Waals surface area contributed by atoms with E-state index in [0.29, 0.717) is 13.1 Å². The third-order valence-electron chi connectivity index (χ3n) is 3.87. The Hall–Kier alpha value is -3.15. The predicted octanol–water partition coefficient (Wildman–Crippen LogP) is 2.15. The van der Waals surface area contributed by atoms with Crippen LogP contribution in [0.4, 0.5) is 5.82 Å². The van der Waals surface area contributed by atoms with Crippen LogP contribution < -0.4 is 11.1 Å². The Bertz CT molecular complexity index is 842. The zero-order chi connectivity index (χ0) is 16.9. The van der Waals surface area contributed by atoms with Crippen LogP contribution in [0.2, 0.25) is 0 Å². The number of anilines is 1. The number of amides is 1. The second-order valence-electron chi connectivity index (χ2n) is 5.58. The summed E-state index contributed by atoms with van der Waals surface area (Å²) in [4.78, 5) is 12.3. The Morgan fingerprint density at radius 2 is 1.83 bits per heavy atom. The quantitative estimate of drug-likeness (QED) is 0.754. The lowest BCUT2D eigenvalue weighted by molar-refractivity contribution is 0.0946. The first kappa shape index (κ1) is 15.7. The van der Waals surface area contributed by atoms with Crippen LogP contribution in [0.25, 0.3) is 0 Å². The monoisotopic (exact) mass is 321 g/mol. The summed E-state index contributed by atoms with van der Waals surface area (Å²) < 4.78 is 1.54. The number of benzene rings is 2. The molecule has 24 heavy (non-hydrogen) atoms. The average Bonchev–Trinajstić information content (AvgIpc) is 2.96. The summed E-state index contributed by atoms with van der Waals surface area (Å²) in [5.74, 6) is -0.0591. The van der Waals surface area contributed by atoms with E-state index in [1.165, 1.54) is 0 Å². The smallest absolute Gasteiger partial charge is 0.275 e. The summed E-state index contributed by atoms with van der Waals surface area (Å²) in [6, 6.07) is 17.6. The molecule has 3 N–H and O–H groups in total. The first-order valence-corrected chi connectivity index (χ1v) is 7.70. The topological polar surface area (TPSA) is 85.8 Å². The molecule has 0 aliphatic rings. The maximum atomic E-state index is 12.3. The fourth-order valence-electron chi connectivity index (χ4n) is 2.41.